The molecule has 0 bridgehead atoms. The summed E-state index contributed by atoms with van der Waals surface area (Å²) in [7, 11) is 1.46. The Morgan fingerprint density at radius 3 is 2.52 bits per heavy atom. The van der Waals surface area contributed by atoms with Gasteiger partial charge in [-0.2, -0.15) is 0 Å². The Labute approximate surface area is 151 Å². The van der Waals surface area contributed by atoms with Crippen LogP contribution >= 0.6 is 11.6 Å². The molecule has 7 heteroatoms. The zero-order valence-electron chi connectivity index (χ0n) is 14.0. The van der Waals surface area contributed by atoms with Gasteiger partial charge in [-0.15, -0.1) is 0 Å². The average Bonchev–Trinajstić information content (AvgIpc) is 2.60. The minimum atomic E-state index is -0.700. The average molecular weight is 362 g/mol. The molecule has 132 valence electrons. The van der Waals surface area contributed by atoms with E-state index in [1.807, 2.05) is 30.3 Å². The number of para-hydroxylation sites is 1. The molecule has 25 heavy (non-hydrogen) atoms. The quantitative estimate of drug-likeness (QED) is 0.739. The van der Waals surface area contributed by atoms with E-state index in [2.05, 4.69) is 16.0 Å². The molecule has 3 amide bonds. The van der Waals surface area contributed by atoms with Crippen molar-refractivity contribution in [2.75, 3.05) is 12.4 Å². The second kappa shape index (κ2) is 8.94. The maximum absolute atomic E-state index is 12.1. The summed E-state index contributed by atoms with van der Waals surface area (Å²) in [6, 6.07) is 13.3. The molecule has 0 radical (unpaired) electrons. The molecule has 3 N–H and O–H groups in total. The third-order valence-electron chi connectivity index (χ3n) is 3.47. The van der Waals surface area contributed by atoms with Crippen molar-refractivity contribution >= 4 is 29.2 Å². The van der Waals surface area contributed by atoms with Gasteiger partial charge >= 0.3 is 6.03 Å². The van der Waals surface area contributed by atoms with E-state index in [1.54, 1.807) is 25.1 Å². The van der Waals surface area contributed by atoms with Crippen LogP contribution in [0, 0.1) is 0 Å². The Hall–Kier alpha value is -2.73. The predicted octanol–water partition coefficient (Wildman–Crippen LogP) is 3.18. The predicted molar refractivity (Wildman–Crippen MR) is 97.9 cm³/mol. The van der Waals surface area contributed by atoms with Crippen molar-refractivity contribution in [3.63, 3.8) is 0 Å². The van der Waals surface area contributed by atoms with Crippen LogP contribution in [-0.2, 0) is 11.3 Å². The minimum absolute atomic E-state index is 0.280. The molecule has 0 aliphatic heterocycles. The smallest absolute Gasteiger partial charge is 0.319 e. The van der Waals surface area contributed by atoms with Crippen LogP contribution < -0.4 is 20.7 Å². The molecule has 1 unspecified atom stereocenters. The molecule has 0 saturated heterocycles. The molecule has 2 aromatic rings. The summed E-state index contributed by atoms with van der Waals surface area (Å²) in [6.45, 7) is 2.00. The Balaban J connectivity index is 1.87. The number of benzene rings is 2. The first-order chi connectivity index (χ1) is 12.0. The van der Waals surface area contributed by atoms with E-state index < -0.39 is 12.1 Å². The SMILES string of the molecule is COc1c(Cl)cccc1NC(=O)NC(C)C(=O)NCc1ccccc1. The van der Waals surface area contributed by atoms with Crippen molar-refractivity contribution in [2.45, 2.75) is 19.5 Å². The summed E-state index contributed by atoms with van der Waals surface area (Å²) in [5, 5.41) is 8.35. The lowest BCUT2D eigenvalue weighted by atomic mass is 10.2. The summed E-state index contributed by atoms with van der Waals surface area (Å²) in [4.78, 5) is 24.2. The molecule has 0 aliphatic carbocycles. The van der Waals surface area contributed by atoms with E-state index >= 15 is 0 Å². The zero-order chi connectivity index (χ0) is 18.2. The van der Waals surface area contributed by atoms with Gasteiger partial charge in [0, 0.05) is 6.54 Å². The summed E-state index contributed by atoms with van der Waals surface area (Å²) in [5.74, 6) is 0.0811. The van der Waals surface area contributed by atoms with Crippen molar-refractivity contribution in [1.29, 1.82) is 0 Å². The molecule has 6 nitrogen and oxygen atoms in total. The van der Waals surface area contributed by atoms with E-state index in [0.29, 0.717) is 23.0 Å². The molecular weight excluding hydrogens is 342 g/mol. The first-order valence-electron chi connectivity index (χ1n) is 7.73. The highest BCUT2D eigenvalue weighted by Gasteiger charge is 2.17. The molecule has 0 heterocycles. The first-order valence-corrected chi connectivity index (χ1v) is 8.10. The van der Waals surface area contributed by atoms with Crippen molar-refractivity contribution in [3.05, 3.63) is 59.1 Å². The van der Waals surface area contributed by atoms with Crippen LogP contribution in [0.1, 0.15) is 12.5 Å². The van der Waals surface area contributed by atoms with Gasteiger partial charge in [0.15, 0.2) is 5.75 Å². The number of hydrogen-bond acceptors (Lipinski definition) is 3. The fourth-order valence-corrected chi connectivity index (χ4v) is 2.43. The normalized spacial score (nSPS) is 11.3. The van der Waals surface area contributed by atoms with Crippen LogP contribution in [-0.4, -0.2) is 25.1 Å². The molecule has 0 fully saturated rings. The number of carbonyl (C=O) groups is 2. The Kier molecular flexibility index (Phi) is 6.65. The highest BCUT2D eigenvalue weighted by atomic mass is 35.5. The molecule has 0 aliphatic rings. The molecule has 0 aromatic heterocycles. The third-order valence-corrected chi connectivity index (χ3v) is 3.77. The molecular formula is C18H20ClN3O3. The van der Waals surface area contributed by atoms with Crippen molar-refractivity contribution in [3.8, 4) is 5.75 Å². The van der Waals surface area contributed by atoms with Crippen molar-refractivity contribution in [2.24, 2.45) is 0 Å². The first kappa shape index (κ1) is 18.6. The van der Waals surface area contributed by atoms with Gasteiger partial charge in [-0.3, -0.25) is 4.79 Å². The number of urea groups is 1. The number of nitrogens with one attached hydrogen (secondary N) is 3. The third kappa shape index (κ3) is 5.39. The van der Waals surface area contributed by atoms with E-state index in [1.165, 1.54) is 7.11 Å². The lowest BCUT2D eigenvalue weighted by molar-refractivity contribution is -0.122. The van der Waals surface area contributed by atoms with Gasteiger partial charge < -0.3 is 20.7 Å². The lowest BCUT2D eigenvalue weighted by Gasteiger charge is -2.16. The zero-order valence-corrected chi connectivity index (χ0v) is 14.8. The van der Waals surface area contributed by atoms with Gasteiger partial charge in [-0.05, 0) is 24.6 Å². The van der Waals surface area contributed by atoms with E-state index in [9.17, 15) is 9.59 Å². The highest BCUT2D eigenvalue weighted by Crippen LogP contribution is 2.32. The van der Waals surface area contributed by atoms with Crippen LogP contribution in [0.2, 0.25) is 5.02 Å². The van der Waals surface area contributed by atoms with Crippen LogP contribution in [0.25, 0.3) is 0 Å². The standard InChI is InChI=1S/C18H20ClN3O3/c1-12(17(23)20-11-13-7-4-3-5-8-13)21-18(24)22-15-10-6-9-14(19)16(15)25-2/h3-10,12H,11H2,1-2H3,(H,20,23)(H2,21,22,24). The number of anilines is 1. The maximum Gasteiger partial charge on any atom is 0.319 e. The second-order valence-electron chi connectivity index (χ2n) is 5.34. The topological polar surface area (TPSA) is 79.5 Å². The number of halogens is 1. The van der Waals surface area contributed by atoms with Gasteiger partial charge in [-0.1, -0.05) is 48.0 Å². The largest absolute Gasteiger partial charge is 0.493 e. The molecule has 2 rings (SSSR count). The minimum Gasteiger partial charge on any atom is -0.493 e. The van der Waals surface area contributed by atoms with Crippen LogP contribution in [0.3, 0.4) is 0 Å². The summed E-state index contributed by atoms with van der Waals surface area (Å²) < 4.78 is 5.16. The van der Waals surface area contributed by atoms with Gasteiger partial charge in [-0.25, -0.2) is 4.79 Å². The van der Waals surface area contributed by atoms with Crippen LogP contribution in [0.5, 0.6) is 5.75 Å². The fourth-order valence-electron chi connectivity index (χ4n) is 2.17. The summed E-state index contributed by atoms with van der Waals surface area (Å²) in [5.41, 5.74) is 1.40. The van der Waals surface area contributed by atoms with Gasteiger partial charge in [0.05, 0.1) is 17.8 Å². The monoisotopic (exact) mass is 361 g/mol. The maximum atomic E-state index is 12.1. The van der Waals surface area contributed by atoms with Crippen molar-refractivity contribution in [1.82, 2.24) is 10.6 Å². The number of hydrogen-bond donors (Lipinski definition) is 3. The number of carbonyl (C=O) groups excluding carboxylic acids is 2. The fraction of sp³-hybridized carbons (Fsp3) is 0.222. The van der Waals surface area contributed by atoms with Crippen molar-refractivity contribution < 1.29 is 14.3 Å². The van der Waals surface area contributed by atoms with Crippen LogP contribution in [0.4, 0.5) is 10.5 Å². The Morgan fingerprint density at radius 2 is 1.84 bits per heavy atom. The number of rotatable bonds is 6. The molecule has 0 spiro atoms. The van der Waals surface area contributed by atoms with E-state index in [4.69, 9.17) is 16.3 Å². The molecule has 1 atom stereocenters. The Bertz CT molecular complexity index is 738. The number of methoxy groups -OCH3 is 1. The Morgan fingerprint density at radius 1 is 1.12 bits per heavy atom. The van der Waals surface area contributed by atoms with E-state index in [-0.39, 0.29) is 5.91 Å². The van der Waals surface area contributed by atoms with Crippen LogP contribution in [0.15, 0.2) is 48.5 Å². The molecule has 0 saturated carbocycles. The number of ether oxygens (including phenoxy) is 1. The number of amides is 3. The lowest BCUT2D eigenvalue weighted by Crippen LogP contribution is -2.46. The second-order valence-corrected chi connectivity index (χ2v) is 5.75. The summed E-state index contributed by atoms with van der Waals surface area (Å²) >= 11 is 6.01. The summed E-state index contributed by atoms with van der Waals surface area (Å²) in [6.07, 6.45) is 0. The van der Waals surface area contributed by atoms with E-state index in [0.717, 1.165) is 5.56 Å². The van der Waals surface area contributed by atoms with Gasteiger partial charge in [0.25, 0.3) is 0 Å². The van der Waals surface area contributed by atoms with Gasteiger partial charge in [0.2, 0.25) is 5.91 Å². The highest BCUT2D eigenvalue weighted by molar-refractivity contribution is 6.32. The van der Waals surface area contributed by atoms with Gasteiger partial charge in [0.1, 0.15) is 6.04 Å². The molecule has 2 aromatic carbocycles.